The predicted octanol–water partition coefficient (Wildman–Crippen LogP) is 3.72. The number of hydrogen-bond donors (Lipinski definition) is 2. The number of aliphatic imine (C=N–C) groups is 1. The molecule has 0 atom stereocenters. The van der Waals surface area contributed by atoms with Crippen molar-refractivity contribution in [2.24, 2.45) is 10.4 Å². The molecule has 2 N–H and O–H groups in total. The lowest BCUT2D eigenvalue weighted by Gasteiger charge is -2.29. The van der Waals surface area contributed by atoms with E-state index in [1.165, 1.54) is 31.7 Å². The third kappa shape index (κ3) is 7.77. The first-order valence-electron chi connectivity index (χ1n) is 9.10. The van der Waals surface area contributed by atoms with Crippen LogP contribution in [0.15, 0.2) is 23.2 Å². The maximum absolute atomic E-state index is 13.1. The van der Waals surface area contributed by atoms with Crippen molar-refractivity contribution < 1.29 is 18.3 Å². The molecule has 0 amide bonds. The molecule has 0 bridgehead atoms. The quantitative estimate of drug-likeness (QED) is 0.237. The van der Waals surface area contributed by atoms with Crippen LogP contribution in [0.1, 0.15) is 32.1 Å². The first-order valence-corrected chi connectivity index (χ1v) is 9.10. The van der Waals surface area contributed by atoms with Gasteiger partial charge in [-0.15, -0.1) is 24.0 Å². The lowest BCUT2D eigenvalue weighted by molar-refractivity contribution is 0.138. The minimum atomic E-state index is -0.911. The van der Waals surface area contributed by atoms with Gasteiger partial charge < -0.3 is 20.1 Å². The van der Waals surface area contributed by atoms with Crippen molar-refractivity contribution in [3.05, 3.63) is 29.8 Å². The molecule has 0 saturated heterocycles. The zero-order chi connectivity index (χ0) is 18.8. The summed E-state index contributed by atoms with van der Waals surface area (Å²) in [6, 6.07) is 3.51. The summed E-state index contributed by atoms with van der Waals surface area (Å²) in [4.78, 5) is 4.23. The van der Waals surface area contributed by atoms with E-state index >= 15 is 0 Å². The molecule has 1 saturated carbocycles. The summed E-state index contributed by atoms with van der Waals surface area (Å²) in [5.74, 6) is -0.777. The van der Waals surface area contributed by atoms with Crippen molar-refractivity contribution in [1.82, 2.24) is 10.6 Å². The van der Waals surface area contributed by atoms with Crippen LogP contribution in [0.3, 0.4) is 0 Å². The average Bonchev–Trinajstić information content (AvgIpc) is 3.11. The van der Waals surface area contributed by atoms with Gasteiger partial charge in [-0.05, 0) is 36.8 Å². The van der Waals surface area contributed by atoms with Gasteiger partial charge in [0.1, 0.15) is 12.4 Å². The van der Waals surface area contributed by atoms with E-state index in [2.05, 4.69) is 15.6 Å². The predicted molar refractivity (Wildman–Crippen MR) is 114 cm³/mol. The summed E-state index contributed by atoms with van der Waals surface area (Å²) in [6.07, 6.45) is 5.99. The standard InChI is InChI=1S/C19H29F2N3O2.HI/c1-22-18(24-14-19(9-11-25-2)7-3-4-8-19)23-10-12-26-15-5-6-16(20)17(21)13-15;/h5-6,13H,3-4,7-12,14H2,1-2H3,(H2,22,23,24);1H. The summed E-state index contributed by atoms with van der Waals surface area (Å²) < 4.78 is 36.7. The van der Waals surface area contributed by atoms with Gasteiger partial charge in [0, 0.05) is 33.4 Å². The smallest absolute Gasteiger partial charge is 0.191 e. The normalized spacial score (nSPS) is 15.9. The van der Waals surface area contributed by atoms with Crippen molar-refractivity contribution >= 4 is 29.9 Å². The Hall–Kier alpha value is -1.16. The fourth-order valence-corrected chi connectivity index (χ4v) is 3.36. The zero-order valence-electron chi connectivity index (χ0n) is 16.0. The maximum Gasteiger partial charge on any atom is 0.191 e. The number of nitrogens with one attached hydrogen (secondary N) is 2. The largest absolute Gasteiger partial charge is 0.492 e. The van der Waals surface area contributed by atoms with Gasteiger partial charge in [-0.3, -0.25) is 4.99 Å². The molecule has 0 aliphatic heterocycles. The number of benzene rings is 1. The Morgan fingerprint density at radius 1 is 1.15 bits per heavy atom. The van der Waals surface area contributed by atoms with E-state index in [0.717, 1.165) is 31.7 Å². The van der Waals surface area contributed by atoms with Gasteiger partial charge in [-0.25, -0.2) is 8.78 Å². The molecule has 1 aromatic rings. The molecule has 0 heterocycles. The molecule has 154 valence electrons. The molecule has 5 nitrogen and oxygen atoms in total. The highest BCUT2D eigenvalue weighted by Crippen LogP contribution is 2.40. The van der Waals surface area contributed by atoms with Gasteiger partial charge in [0.2, 0.25) is 0 Å². The van der Waals surface area contributed by atoms with Crippen LogP contribution in [-0.4, -0.2) is 46.4 Å². The lowest BCUT2D eigenvalue weighted by atomic mass is 9.83. The molecule has 1 fully saturated rings. The fourth-order valence-electron chi connectivity index (χ4n) is 3.36. The molecule has 0 spiro atoms. The van der Waals surface area contributed by atoms with Crippen LogP contribution >= 0.6 is 24.0 Å². The van der Waals surface area contributed by atoms with Gasteiger partial charge in [0.05, 0.1) is 6.54 Å². The molecule has 2 rings (SSSR count). The number of methoxy groups -OCH3 is 1. The number of rotatable bonds is 9. The van der Waals surface area contributed by atoms with Gasteiger partial charge in [-0.2, -0.15) is 0 Å². The van der Waals surface area contributed by atoms with E-state index < -0.39 is 11.6 Å². The Kier molecular flexibility index (Phi) is 10.9. The van der Waals surface area contributed by atoms with Gasteiger partial charge >= 0.3 is 0 Å². The first-order chi connectivity index (χ1) is 12.6. The molecule has 0 radical (unpaired) electrons. The van der Waals surface area contributed by atoms with Crippen molar-refractivity contribution in [1.29, 1.82) is 0 Å². The number of guanidine groups is 1. The monoisotopic (exact) mass is 497 g/mol. The SMILES string of the molecule is CN=C(NCCOc1ccc(F)c(F)c1)NCC1(CCOC)CCCC1.I. The number of hydrogen-bond acceptors (Lipinski definition) is 3. The highest BCUT2D eigenvalue weighted by molar-refractivity contribution is 14.0. The summed E-state index contributed by atoms with van der Waals surface area (Å²) >= 11 is 0. The van der Waals surface area contributed by atoms with E-state index in [4.69, 9.17) is 9.47 Å². The minimum Gasteiger partial charge on any atom is -0.492 e. The Morgan fingerprint density at radius 3 is 2.52 bits per heavy atom. The fraction of sp³-hybridized carbons (Fsp3) is 0.632. The van der Waals surface area contributed by atoms with Crippen LogP contribution in [-0.2, 0) is 4.74 Å². The maximum atomic E-state index is 13.1. The Bertz CT molecular complexity index is 596. The zero-order valence-corrected chi connectivity index (χ0v) is 18.4. The Labute approximate surface area is 177 Å². The third-order valence-electron chi connectivity index (χ3n) is 4.91. The van der Waals surface area contributed by atoms with Gasteiger partial charge in [0.15, 0.2) is 17.6 Å². The van der Waals surface area contributed by atoms with E-state index in [0.29, 0.717) is 24.9 Å². The van der Waals surface area contributed by atoms with E-state index in [-0.39, 0.29) is 29.4 Å². The van der Waals surface area contributed by atoms with E-state index in [9.17, 15) is 8.78 Å². The summed E-state index contributed by atoms with van der Waals surface area (Å²) in [7, 11) is 3.46. The molecule has 27 heavy (non-hydrogen) atoms. The second-order valence-corrected chi connectivity index (χ2v) is 6.73. The molecule has 8 heteroatoms. The highest BCUT2D eigenvalue weighted by Gasteiger charge is 2.33. The number of halogens is 3. The molecule has 0 aromatic heterocycles. The Morgan fingerprint density at radius 2 is 1.89 bits per heavy atom. The molecule has 1 aliphatic rings. The molecular formula is C19H30F2IN3O2. The van der Waals surface area contributed by atoms with E-state index in [1.807, 2.05) is 0 Å². The van der Waals surface area contributed by atoms with Crippen LogP contribution in [0.5, 0.6) is 5.75 Å². The number of ether oxygens (including phenoxy) is 2. The van der Waals surface area contributed by atoms with Crippen molar-refractivity contribution in [2.45, 2.75) is 32.1 Å². The van der Waals surface area contributed by atoms with Crippen LogP contribution in [0, 0.1) is 17.0 Å². The summed E-state index contributed by atoms with van der Waals surface area (Å²) in [5.41, 5.74) is 0.274. The van der Waals surface area contributed by atoms with Crippen molar-refractivity contribution in [3.8, 4) is 5.75 Å². The third-order valence-corrected chi connectivity index (χ3v) is 4.91. The van der Waals surface area contributed by atoms with Crippen LogP contribution < -0.4 is 15.4 Å². The second kappa shape index (κ2) is 12.3. The van der Waals surface area contributed by atoms with Crippen LogP contribution in [0.4, 0.5) is 8.78 Å². The molecular weight excluding hydrogens is 467 g/mol. The second-order valence-electron chi connectivity index (χ2n) is 6.73. The first kappa shape index (κ1) is 23.9. The summed E-state index contributed by atoms with van der Waals surface area (Å²) in [5, 5.41) is 6.57. The van der Waals surface area contributed by atoms with Gasteiger partial charge in [-0.1, -0.05) is 12.8 Å². The average molecular weight is 497 g/mol. The molecule has 0 unspecified atom stereocenters. The minimum absolute atomic E-state index is 0. The summed E-state index contributed by atoms with van der Waals surface area (Å²) in [6.45, 7) is 2.46. The topological polar surface area (TPSA) is 54.9 Å². The lowest BCUT2D eigenvalue weighted by Crippen LogP contribution is -2.44. The van der Waals surface area contributed by atoms with Crippen LogP contribution in [0.25, 0.3) is 0 Å². The van der Waals surface area contributed by atoms with E-state index in [1.54, 1.807) is 14.2 Å². The van der Waals surface area contributed by atoms with Gasteiger partial charge in [0.25, 0.3) is 0 Å². The highest BCUT2D eigenvalue weighted by atomic mass is 127. The molecule has 1 aliphatic carbocycles. The van der Waals surface area contributed by atoms with Crippen molar-refractivity contribution in [3.63, 3.8) is 0 Å². The van der Waals surface area contributed by atoms with Crippen molar-refractivity contribution in [2.75, 3.05) is 40.5 Å². The Balaban J connectivity index is 0.00000364. The number of nitrogens with zero attached hydrogens (tertiary/aromatic N) is 1. The molecule has 1 aromatic carbocycles. The van der Waals surface area contributed by atoms with Crippen LogP contribution in [0.2, 0.25) is 0 Å².